The average Bonchev–Trinajstić information content (AvgIpc) is 2.13. The summed E-state index contributed by atoms with van der Waals surface area (Å²) in [5.74, 6) is 0. The molecule has 0 saturated heterocycles. The van der Waals surface area contributed by atoms with E-state index in [1.165, 1.54) is 12.1 Å². The van der Waals surface area contributed by atoms with Gasteiger partial charge in [0.1, 0.15) is 5.69 Å². The number of hydrogen-bond donors (Lipinski definition) is 0. The van der Waals surface area contributed by atoms with E-state index in [1.54, 1.807) is 0 Å². The van der Waals surface area contributed by atoms with Gasteiger partial charge in [-0.3, -0.25) is 0 Å². The van der Waals surface area contributed by atoms with Crippen molar-refractivity contribution in [3.05, 3.63) is 37.3 Å². The Bertz CT molecular complexity index is 384. The van der Waals surface area contributed by atoms with Crippen molar-refractivity contribution in [2.45, 2.75) is 0 Å². The molecule has 1 aromatic rings. The van der Waals surface area contributed by atoms with E-state index >= 15 is 0 Å². The van der Waals surface area contributed by atoms with Gasteiger partial charge < -0.3 is 0 Å². The molecule has 0 N–H and O–H groups in total. The molecule has 0 spiro atoms. The van der Waals surface area contributed by atoms with Gasteiger partial charge in [-0.05, 0) is 12.1 Å². The van der Waals surface area contributed by atoms with E-state index in [9.17, 15) is 10.1 Å². The molecule has 0 fully saturated rings. The smallest absolute Gasteiger partial charge is 0.181 e. The second-order valence-electron chi connectivity index (χ2n) is 2.19. The highest BCUT2D eigenvalue weighted by Crippen LogP contribution is 2.38. The van der Waals surface area contributed by atoms with Crippen LogP contribution in [-0.4, -0.2) is 5.03 Å². The highest BCUT2D eigenvalue weighted by Gasteiger charge is 2.20. The van der Waals surface area contributed by atoms with Gasteiger partial charge in [0.15, 0.2) is 5.03 Å². The standard InChI is InChI=1S/C6H2Cl4N2O2/c7-3-1-2-4(6(9)5(3)8)11(10)12(13)14/h1-2H. The molecule has 0 aliphatic rings. The monoisotopic (exact) mass is 274 g/mol. The lowest BCUT2D eigenvalue weighted by molar-refractivity contribution is -0.475. The molecule has 0 unspecified atom stereocenters. The highest BCUT2D eigenvalue weighted by atomic mass is 35.5. The SMILES string of the molecule is O=[N+]([O-])N(Cl)c1ccc(Cl)c(Cl)c1Cl. The Labute approximate surface area is 99.1 Å². The minimum absolute atomic E-state index is 0.0262. The molecule has 0 atom stereocenters. The zero-order valence-corrected chi connectivity index (χ0v) is 9.40. The molecule has 4 nitrogen and oxygen atoms in total. The fourth-order valence-corrected chi connectivity index (χ4v) is 1.54. The second-order valence-corrected chi connectivity index (χ2v) is 3.68. The summed E-state index contributed by atoms with van der Waals surface area (Å²) in [5, 5.41) is 9.64. The number of nitro groups is 1. The van der Waals surface area contributed by atoms with Gasteiger partial charge in [-0.2, -0.15) is 0 Å². The fourth-order valence-electron chi connectivity index (χ4n) is 0.746. The maximum atomic E-state index is 10.3. The Morgan fingerprint density at radius 3 is 2.29 bits per heavy atom. The van der Waals surface area contributed by atoms with E-state index in [1.807, 2.05) is 0 Å². The largest absolute Gasteiger partial charge is 0.233 e. The predicted molar refractivity (Wildman–Crippen MR) is 56.8 cm³/mol. The molecule has 0 bridgehead atoms. The summed E-state index contributed by atoms with van der Waals surface area (Å²) in [7, 11) is 0. The number of anilines is 1. The van der Waals surface area contributed by atoms with Gasteiger partial charge in [0.25, 0.3) is 0 Å². The van der Waals surface area contributed by atoms with Crippen LogP contribution in [0.4, 0.5) is 5.69 Å². The first-order valence-electron chi connectivity index (χ1n) is 3.19. The maximum Gasteiger partial charge on any atom is 0.181 e. The van der Waals surface area contributed by atoms with Gasteiger partial charge in [-0.15, -0.1) is 0 Å². The van der Waals surface area contributed by atoms with Gasteiger partial charge in [0.05, 0.1) is 26.8 Å². The molecular formula is C6H2Cl4N2O2. The van der Waals surface area contributed by atoms with Crippen LogP contribution in [0.25, 0.3) is 0 Å². The second kappa shape index (κ2) is 4.40. The molecule has 76 valence electrons. The van der Waals surface area contributed by atoms with Gasteiger partial charge in [0, 0.05) is 4.53 Å². The van der Waals surface area contributed by atoms with Crippen molar-refractivity contribution in [2.75, 3.05) is 4.53 Å². The zero-order valence-electron chi connectivity index (χ0n) is 6.38. The topological polar surface area (TPSA) is 46.4 Å². The first-order chi connectivity index (χ1) is 6.45. The minimum atomic E-state index is -0.840. The average molecular weight is 276 g/mol. The molecule has 1 aromatic carbocycles. The Balaban J connectivity index is 3.24. The number of halogens is 4. The normalized spacial score (nSPS) is 10.0. The minimum Gasteiger partial charge on any atom is -0.233 e. The lowest BCUT2D eigenvalue weighted by atomic mass is 10.3. The van der Waals surface area contributed by atoms with Gasteiger partial charge in [0.2, 0.25) is 0 Å². The van der Waals surface area contributed by atoms with E-state index in [4.69, 9.17) is 46.6 Å². The third-order valence-corrected chi connectivity index (χ3v) is 2.95. The van der Waals surface area contributed by atoms with Crippen molar-refractivity contribution in [3.8, 4) is 0 Å². The fraction of sp³-hybridized carbons (Fsp3) is 0. The molecule has 14 heavy (non-hydrogen) atoms. The van der Waals surface area contributed by atoms with Crippen LogP contribution in [0.3, 0.4) is 0 Å². The molecule has 0 saturated carbocycles. The quantitative estimate of drug-likeness (QED) is 0.357. The summed E-state index contributed by atoms with van der Waals surface area (Å²) >= 11 is 22.3. The van der Waals surface area contributed by atoms with Crippen LogP contribution < -0.4 is 4.53 Å². The van der Waals surface area contributed by atoms with Crippen LogP contribution in [0, 0.1) is 10.1 Å². The molecule has 0 amide bonds. The number of nitrogens with zero attached hydrogens (tertiary/aromatic N) is 2. The summed E-state index contributed by atoms with van der Waals surface area (Å²) in [5.41, 5.74) is -0.0345. The molecule has 0 aliphatic heterocycles. The van der Waals surface area contributed by atoms with Crippen LogP contribution in [0.15, 0.2) is 12.1 Å². The van der Waals surface area contributed by atoms with Crippen LogP contribution in [0.2, 0.25) is 15.1 Å². The molecular weight excluding hydrogens is 274 g/mol. The summed E-state index contributed by atoms with van der Waals surface area (Å²) < 4.78 is 0.241. The first kappa shape index (κ1) is 11.7. The number of hydrogen-bond acceptors (Lipinski definition) is 2. The highest BCUT2D eigenvalue weighted by molar-refractivity contribution is 6.49. The molecule has 1 rings (SSSR count). The Hall–Kier alpha value is -0.420. The van der Waals surface area contributed by atoms with E-state index in [0.717, 1.165) is 0 Å². The predicted octanol–water partition coefficient (Wildman–Crippen LogP) is 3.80. The zero-order chi connectivity index (χ0) is 10.9. The van der Waals surface area contributed by atoms with Crippen molar-refractivity contribution in [3.63, 3.8) is 0 Å². The van der Waals surface area contributed by atoms with Crippen LogP contribution in [0.5, 0.6) is 0 Å². The van der Waals surface area contributed by atoms with Crippen molar-refractivity contribution >= 4 is 52.3 Å². The molecule has 0 aromatic heterocycles. The lowest BCUT2D eigenvalue weighted by Crippen LogP contribution is -2.18. The molecule has 0 radical (unpaired) electrons. The van der Waals surface area contributed by atoms with Crippen molar-refractivity contribution < 1.29 is 5.03 Å². The first-order valence-corrected chi connectivity index (χ1v) is 4.66. The van der Waals surface area contributed by atoms with Crippen LogP contribution >= 0.6 is 46.6 Å². The van der Waals surface area contributed by atoms with Crippen LogP contribution in [0.1, 0.15) is 0 Å². The van der Waals surface area contributed by atoms with Gasteiger partial charge in [-0.1, -0.05) is 34.8 Å². The number of rotatable bonds is 2. The van der Waals surface area contributed by atoms with E-state index < -0.39 is 5.03 Å². The third-order valence-electron chi connectivity index (χ3n) is 1.36. The summed E-state index contributed by atoms with van der Waals surface area (Å²) in [6.45, 7) is 0. The van der Waals surface area contributed by atoms with Gasteiger partial charge in [-0.25, -0.2) is 10.1 Å². The van der Waals surface area contributed by atoms with Crippen molar-refractivity contribution in [2.24, 2.45) is 0 Å². The number of hydrazine groups is 1. The van der Waals surface area contributed by atoms with Gasteiger partial charge >= 0.3 is 0 Å². The summed E-state index contributed by atoms with van der Waals surface area (Å²) in [4.78, 5) is 10.3. The molecule has 0 aliphatic carbocycles. The van der Waals surface area contributed by atoms with E-state index in [0.29, 0.717) is 0 Å². The third kappa shape index (κ3) is 2.15. The Morgan fingerprint density at radius 2 is 1.79 bits per heavy atom. The van der Waals surface area contributed by atoms with Crippen molar-refractivity contribution in [1.82, 2.24) is 0 Å². The lowest BCUT2D eigenvalue weighted by Gasteiger charge is -2.08. The molecule has 0 heterocycles. The Kier molecular flexibility index (Phi) is 3.66. The summed E-state index contributed by atoms with van der Waals surface area (Å²) in [6, 6.07) is 2.66. The van der Waals surface area contributed by atoms with E-state index in [-0.39, 0.29) is 25.3 Å². The van der Waals surface area contributed by atoms with Crippen molar-refractivity contribution in [1.29, 1.82) is 0 Å². The number of benzene rings is 1. The Morgan fingerprint density at radius 1 is 1.21 bits per heavy atom. The molecule has 8 heteroatoms. The van der Waals surface area contributed by atoms with E-state index in [2.05, 4.69) is 0 Å². The maximum absolute atomic E-state index is 10.3. The summed E-state index contributed by atoms with van der Waals surface area (Å²) in [6.07, 6.45) is 0. The van der Waals surface area contributed by atoms with Crippen LogP contribution in [-0.2, 0) is 0 Å².